The highest BCUT2D eigenvalue weighted by Gasteiger charge is 2.17. The molecule has 1 aromatic carbocycles. The monoisotopic (exact) mass is 450 g/mol. The number of nitrogens with zero attached hydrogens (tertiary/aromatic N) is 2. The number of halogens is 2. The lowest BCUT2D eigenvalue weighted by Crippen LogP contribution is -2.27. The second-order valence-corrected chi connectivity index (χ2v) is 8.06. The van der Waals surface area contributed by atoms with Crippen LogP contribution >= 0.6 is 0 Å². The van der Waals surface area contributed by atoms with Gasteiger partial charge in [0.15, 0.2) is 23.2 Å². The van der Waals surface area contributed by atoms with Crippen LogP contribution in [0.3, 0.4) is 0 Å². The molecule has 3 aromatic rings. The van der Waals surface area contributed by atoms with Crippen molar-refractivity contribution in [3.63, 3.8) is 0 Å². The number of methoxy groups -OCH3 is 1. The largest absolute Gasteiger partial charge is 0.497 e. The minimum Gasteiger partial charge on any atom is -0.497 e. The fourth-order valence-electron chi connectivity index (χ4n) is 2.71. The Labute approximate surface area is 178 Å². The Morgan fingerprint density at radius 1 is 1.10 bits per heavy atom. The van der Waals surface area contributed by atoms with Gasteiger partial charge in [-0.1, -0.05) is 0 Å². The van der Waals surface area contributed by atoms with E-state index in [1.807, 2.05) is 9.44 Å². The maximum atomic E-state index is 14.8. The standard InChI is InChI=1S/C20H20F2N4O4S/c1-12-14(8-13-6-7-25-20(19(13)22)26-31(27,28)23-2)10-24-11-18(12)30-17-5-4-15(29-3)9-16(17)21/h4-7,9-11,23H,8H2,1-3H3,(H,25,26). The first-order valence-corrected chi connectivity index (χ1v) is 10.5. The molecule has 0 aliphatic heterocycles. The molecule has 164 valence electrons. The molecule has 0 radical (unpaired) electrons. The Hall–Kier alpha value is -3.31. The molecule has 2 aromatic heterocycles. The van der Waals surface area contributed by atoms with Crippen molar-refractivity contribution >= 4 is 16.0 Å². The maximum absolute atomic E-state index is 14.8. The minimum absolute atomic E-state index is 0.0123. The van der Waals surface area contributed by atoms with E-state index in [4.69, 9.17) is 9.47 Å². The van der Waals surface area contributed by atoms with E-state index in [0.29, 0.717) is 22.6 Å². The molecule has 31 heavy (non-hydrogen) atoms. The van der Waals surface area contributed by atoms with Crippen molar-refractivity contribution in [2.75, 3.05) is 18.9 Å². The minimum atomic E-state index is -3.92. The van der Waals surface area contributed by atoms with E-state index in [0.717, 1.165) is 0 Å². The van der Waals surface area contributed by atoms with E-state index in [-0.39, 0.29) is 17.7 Å². The summed E-state index contributed by atoms with van der Waals surface area (Å²) in [5.41, 5.74) is 1.43. The average molecular weight is 450 g/mol. The highest BCUT2D eigenvalue weighted by molar-refractivity contribution is 7.90. The summed E-state index contributed by atoms with van der Waals surface area (Å²) in [6, 6.07) is 5.62. The van der Waals surface area contributed by atoms with Crippen LogP contribution in [-0.2, 0) is 16.6 Å². The lowest BCUT2D eigenvalue weighted by atomic mass is 10.0. The zero-order valence-corrected chi connectivity index (χ0v) is 17.8. The highest BCUT2D eigenvalue weighted by atomic mass is 32.2. The van der Waals surface area contributed by atoms with Gasteiger partial charge in [-0.05, 0) is 41.8 Å². The SMILES string of the molecule is CNS(=O)(=O)Nc1nccc(Cc2cncc(Oc3ccc(OC)cc3F)c2C)c1F. The second-order valence-electron chi connectivity index (χ2n) is 6.44. The van der Waals surface area contributed by atoms with Gasteiger partial charge in [-0.3, -0.25) is 9.71 Å². The van der Waals surface area contributed by atoms with E-state index in [1.165, 1.54) is 50.9 Å². The smallest absolute Gasteiger partial charge is 0.300 e. The van der Waals surface area contributed by atoms with E-state index in [2.05, 4.69) is 9.97 Å². The molecule has 0 amide bonds. The molecule has 2 heterocycles. The Kier molecular flexibility index (Phi) is 6.66. The number of hydrogen-bond acceptors (Lipinski definition) is 6. The fraction of sp³-hybridized carbons (Fsp3) is 0.200. The summed E-state index contributed by atoms with van der Waals surface area (Å²) >= 11 is 0. The van der Waals surface area contributed by atoms with Gasteiger partial charge < -0.3 is 9.47 Å². The van der Waals surface area contributed by atoms with Crippen molar-refractivity contribution in [1.29, 1.82) is 0 Å². The summed E-state index contributed by atoms with van der Waals surface area (Å²) in [5, 5.41) is 0. The summed E-state index contributed by atoms with van der Waals surface area (Å²) in [6.45, 7) is 1.73. The van der Waals surface area contributed by atoms with Gasteiger partial charge >= 0.3 is 0 Å². The molecule has 0 unspecified atom stereocenters. The molecule has 0 fully saturated rings. The van der Waals surface area contributed by atoms with Crippen LogP contribution in [0.15, 0.2) is 42.9 Å². The van der Waals surface area contributed by atoms with Crippen LogP contribution < -0.4 is 18.9 Å². The first-order chi connectivity index (χ1) is 14.7. The third-order valence-electron chi connectivity index (χ3n) is 4.48. The molecule has 0 bridgehead atoms. The lowest BCUT2D eigenvalue weighted by molar-refractivity contribution is 0.401. The van der Waals surface area contributed by atoms with Gasteiger partial charge in [0, 0.05) is 31.9 Å². The first-order valence-electron chi connectivity index (χ1n) is 9.03. The number of nitrogens with one attached hydrogen (secondary N) is 2. The van der Waals surface area contributed by atoms with Gasteiger partial charge in [-0.15, -0.1) is 0 Å². The molecule has 8 nitrogen and oxygen atoms in total. The molecule has 11 heteroatoms. The Morgan fingerprint density at radius 3 is 2.55 bits per heavy atom. The zero-order chi connectivity index (χ0) is 22.6. The van der Waals surface area contributed by atoms with Gasteiger partial charge in [-0.25, -0.2) is 18.5 Å². The number of anilines is 1. The second kappa shape index (κ2) is 9.23. The third-order valence-corrected chi connectivity index (χ3v) is 5.48. The van der Waals surface area contributed by atoms with Crippen LogP contribution in [-0.4, -0.2) is 32.5 Å². The maximum Gasteiger partial charge on any atom is 0.300 e. The molecule has 0 atom stereocenters. The molecule has 3 rings (SSSR count). The fourth-order valence-corrected chi connectivity index (χ4v) is 3.21. The summed E-state index contributed by atoms with van der Waals surface area (Å²) in [4.78, 5) is 7.83. The third kappa shape index (κ3) is 5.25. The van der Waals surface area contributed by atoms with Crippen LogP contribution in [0.1, 0.15) is 16.7 Å². The summed E-state index contributed by atoms with van der Waals surface area (Å²) in [6.07, 6.45) is 4.34. The Bertz CT molecular complexity index is 1210. The van der Waals surface area contributed by atoms with Crippen LogP contribution in [0, 0.1) is 18.6 Å². The highest BCUT2D eigenvalue weighted by Crippen LogP contribution is 2.31. The van der Waals surface area contributed by atoms with Crippen LogP contribution in [0.4, 0.5) is 14.6 Å². The van der Waals surface area contributed by atoms with Gasteiger partial charge in [0.25, 0.3) is 10.2 Å². The van der Waals surface area contributed by atoms with E-state index in [9.17, 15) is 17.2 Å². The summed E-state index contributed by atoms with van der Waals surface area (Å²) in [5.74, 6) is -1.20. The molecular formula is C20H20F2N4O4S. The number of hydrogen-bond donors (Lipinski definition) is 2. The van der Waals surface area contributed by atoms with Crippen molar-refractivity contribution in [3.8, 4) is 17.2 Å². The molecular weight excluding hydrogens is 430 g/mol. The lowest BCUT2D eigenvalue weighted by Gasteiger charge is -2.14. The van der Waals surface area contributed by atoms with Gasteiger partial charge in [-0.2, -0.15) is 8.42 Å². The average Bonchev–Trinajstić information content (AvgIpc) is 2.74. The zero-order valence-electron chi connectivity index (χ0n) is 16.9. The summed E-state index contributed by atoms with van der Waals surface area (Å²) in [7, 11) is -1.30. The molecule has 0 aliphatic rings. The number of rotatable bonds is 8. The van der Waals surface area contributed by atoms with Crippen LogP contribution in [0.25, 0.3) is 0 Å². The summed E-state index contributed by atoms with van der Waals surface area (Å²) < 4.78 is 67.0. The Morgan fingerprint density at radius 2 is 1.87 bits per heavy atom. The molecule has 0 aliphatic carbocycles. The normalized spacial score (nSPS) is 11.3. The van der Waals surface area contributed by atoms with Gasteiger partial charge in [0.2, 0.25) is 0 Å². The van der Waals surface area contributed by atoms with Crippen molar-refractivity contribution in [3.05, 3.63) is 71.2 Å². The van der Waals surface area contributed by atoms with Crippen molar-refractivity contribution in [2.45, 2.75) is 13.3 Å². The Balaban J connectivity index is 1.87. The number of benzene rings is 1. The number of pyridine rings is 2. The molecule has 0 spiro atoms. The molecule has 2 N–H and O–H groups in total. The van der Waals surface area contributed by atoms with Crippen LogP contribution in [0.2, 0.25) is 0 Å². The van der Waals surface area contributed by atoms with E-state index in [1.54, 1.807) is 13.0 Å². The molecule has 0 saturated carbocycles. The van der Waals surface area contributed by atoms with Crippen molar-refractivity contribution in [1.82, 2.24) is 14.7 Å². The van der Waals surface area contributed by atoms with Crippen molar-refractivity contribution in [2.24, 2.45) is 0 Å². The predicted octanol–water partition coefficient (Wildman–Crippen LogP) is 3.33. The van der Waals surface area contributed by atoms with E-state index >= 15 is 0 Å². The van der Waals surface area contributed by atoms with Crippen LogP contribution in [0.5, 0.6) is 17.2 Å². The van der Waals surface area contributed by atoms with Gasteiger partial charge in [0.1, 0.15) is 11.5 Å². The predicted molar refractivity (Wildman–Crippen MR) is 111 cm³/mol. The van der Waals surface area contributed by atoms with E-state index < -0.39 is 27.7 Å². The quantitative estimate of drug-likeness (QED) is 0.546. The number of ether oxygens (including phenoxy) is 2. The van der Waals surface area contributed by atoms with Crippen molar-refractivity contribution < 1.29 is 26.7 Å². The first kappa shape index (κ1) is 22.4. The molecule has 0 saturated heterocycles. The topological polar surface area (TPSA) is 102 Å². The van der Waals surface area contributed by atoms with Gasteiger partial charge in [0.05, 0.1) is 13.3 Å². The number of aromatic nitrogens is 2.